The van der Waals surface area contributed by atoms with Crippen LogP contribution in [0.2, 0.25) is 0 Å². The average Bonchev–Trinajstić information content (AvgIpc) is 3.25. The molecule has 2 heterocycles. The first kappa shape index (κ1) is 41.7. The van der Waals surface area contributed by atoms with Gasteiger partial charge in [-0.3, -0.25) is 0 Å². The van der Waals surface area contributed by atoms with E-state index in [1.165, 1.54) is 0 Å². The first-order valence-electron chi connectivity index (χ1n) is 21.0. The number of benzene rings is 4. The van der Waals surface area contributed by atoms with Gasteiger partial charge in [0.1, 0.15) is 23.0 Å². The third-order valence-corrected chi connectivity index (χ3v) is 10.2. The summed E-state index contributed by atoms with van der Waals surface area (Å²) in [5.74, 6) is 3.14. The van der Waals surface area contributed by atoms with Gasteiger partial charge in [0.05, 0.1) is 60.0 Å². The molecule has 0 bridgehead atoms. The first-order valence-corrected chi connectivity index (χ1v) is 21.0. The van der Waals surface area contributed by atoms with Gasteiger partial charge in [-0.2, -0.15) is 0 Å². The SMILES string of the molecule is C=CCCCCOc1ccc2ccc(OCCCCC=C)c(-c3ccc4ccc5ccc(-c6c(OCCCCC=C)cccc6OCCCCC=C)nc5c4n3)c2c1. The summed E-state index contributed by atoms with van der Waals surface area (Å²) in [5.41, 5.74) is 5.01. The lowest BCUT2D eigenvalue weighted by Gasteiger charge is -2.17. The number of nitrogens with zero attached hydrogens (tertiary/aromatic N) is 2. The van der Waals surface area contributed by atoms with Crippen molar-refractivity contribution in [2.45, 2.75) is 77.0 Å². The Labute approximate surface area is 344 Å². The fourth-order valence-corrected chi connectivity index (χ4v) is 7.10. The Balaban J connectivity index is 1.43. The van der Waals surface area contributed by atoms with Gasteiger partial charge in [-0.1, -0.05) is 66.8 Å². The molecule has 0 saturated heterocycles. The normalized spacial score (nSPS) is 11.1. The van der Waals surface area contributed by atoms with Crippen LogP contribution < -0.4 is 18.9 Å². The highest BCUT2D eigenvalue weighted by molar-refractivity contribution is 6.06. The Morgan fingerprint density at radius 2 is 0.828 bits per heavy atom. The lowest BCUT2D eigenvalue weighted by molar-refractivity contribution is 0.294. The summed E-state index contributed by atoms with van der Waals surface area (Å²) < 4.78 is 25.7. The second kappa shape index (κ2) is 22.2. The molecule has 0 atom stereocenters. The van der Waals surface area contributed by atoms with Crippen LogP contribution >= 0.6 is 0 Å². The van der Waals surface area contributed by atoms with Crippen LogP contribution in [0, 0.1) is 0 Å². The van der Waals surface area contributed by atoms with Gasteiger partial charge in [-0.15, -0.1) is 26.3 Å². The van der Waals surface area contributed by atoms with Crippen LogP contribution in [-0.2, 0) is 0 Å². The number of aromatic nitrogens is 2. The van der Waals surface area contributed by atoms with Crippen LogP contribution in [-0.4, -0.2) is 36.4 Å². The second-order valence-electron chi connectivity index (χ2n) is 14.6. The Morgan fingerprint density at radius 1 is 0.414 bits per heavy atom. The van der Waals surface area contributed by atoms with Crippen LogP contribution in [0.3, 0.4) is 0 Å². The Kier molecular flexibility index (Phi) is 16.0. The number of allylic oxidation sites excluding steroid dienone is 4. The molecule has 0 aliphatic rings. The lowest BCUT2D eigenvalue weighted by atomic mass is 9.99. The van der Waals surface area contributed by atoms with E-state index in [1.807, 2.05) is 48.6 Å². The number of fused-ring (bicyclic) bond motifs is 4. The van der Waals surface area contributed by atoms with Gasteiger partial charge in [-0.25, -0.2) is 9.97 Å². The fourth-order valence-electron chi connectivity index (χ4n) is 7.10. The van der Waals surface area contributed by atoms with Gasteiger partial charge >= 0.3 is 0 Å². The maximum Gasteiger partial charge on any atom is 0.132 e. The molecule has 6 nitrogen and oxygen atoms in total. The quantitative estimate of drug-likeness (QED) is 0.0311. The van der Waals surface area contributed by atoms with Crippen molar-refractivity contribution >= 4 is 32.6 Å². The molecule has 0 N–H and O–H groups in total. The number of unbranched alkanes of at least 4 members (excludes halogenated alkanes) is 8. The van der Waals surface area contributed by atoms with Gasteiger partial charge in [0, 0.05) is 10.8 Å². The highest BCUT2D eigenvalue weighted by Gasteiger charge is 2.19. The van der Waals surface area contributed by atoms with E-state index in [-0.39, 0.29) is 0 Å². The highest BCUT2D eigenvalue weighted by Crippen LogP contribution is 2.41. The third-order valence-electron chi connectivity index (χ3n) is 10.2. The minimum atomic E-state index is 0.594. The number of hydrogen-bond acceptors (Lipinski definition) is 6. The molecule has 300 valence electrons. The van der Waals surface area contributed by atoms with E-state index < -0.39 is 0 Å². The molecule has 58 heavy (non-hydrogen) atoms. The van der Waals surface area contributed by atoms with Crippen molar-refractivity contribution in [1.82, 2.24) is 9.97 Å². The van der Waals surface area contributed by atoms with E-state index in [9.17, 15) is 0 Å². The minimum absolute atomic E-state index is 0.594. The Morgan fingerprint density at radius 3 is 1.33 bits per heavy atom. The lowest BCUT2D eigenvalue weighted by Crippen LogP contribution is -2.03. The number of pyridine rings is 2. The predicted octanol–water partition coefficient (Wildman–Crippen LogP) is 14.2. The van der Waals surface area contributed by atoms with Gasteiger partial charge < -0.3 is 18.9 Å². The Bertz CT molecular complexity index is 2270. The first-order chi connectivity index (χ1) is 28.6. The van der Waals surface area contributed by atoms with Gasteiger partial charge in [0.15, 0.2) is 0 Å². The largest absolute Gasteiger partial charge is 0.494 e. The van der Waals surface area contributed by atoms with Crippen LogP contribution in [0.25, 0.3) is 55.1 Å². The minimum Gasteiger partial charge on any atom is -0.494 e. The van der Waals surface area contributed by atoms with Crippen LogP contribution in [0.4, 0.5) is 0 Å². The maximum atomic E-state index is 6.54. The highest BCUT2D eigenvalue weighted by atomic mass is 16.5. The molecule has 4 aromatic carbocycles. The van der Waals surface area contributed by atoms with E-state index in [0.29, 0.717) is 26.4 Å². The van der Waals surface area contributed by atoms with Crippen molar-refractivity contribution in [3.8, 4) is 45.5 Å². The average molecular weight is 775 g/mol. The molecule has 2 aromatic heterocycles. The van der Waals surface area contributed by atoms with Gasteiger partial charge in [0.2, 0.25) is 0 Å². The molecule has 0 aliphatic heterocycles. The Hall–Kier alpha value is -5.88. The summed E-state index contributed by atoms with van der Waals surface area (Å²) in [6.07, 6.45) is 19.6. The van der Waals surface area contributed by atoms with E-state index in [1.54, 1.807) is 0 Å². The molecule has 6 aromatic rings. The van der Waals surface area contributed by atoms with Crippen LogP contribution in [0.1, 0.15) is 77.0 Å². The fraction of sp³-hybridized carbons (Fsp3) is 0.308. The number of rotatable bonds is 26. The molecule has 0 aliphatic carbocycles. The molecule has 0 radical (unpaired) electrons. The summed E-state index contributed by atoms with van der Waals surface area (Å²) in [4.78, 5) is 10.8. The molecule has 0 fully saturated rings. The van der Waals surface area contributed by atoms with Crippen molar-refractivity contribution in [1.29, 1.82) is 0 Å². The molecule has 0 spiro atoms. The smallest absolute Gasteiger partial charge is 0.132 e. The number of hydrogen-bond donors (Lipinski definition) is 0. The van der Waals surface area contributed by atoms with Crippen molar-refractivity contribution in [3.05, 3.63) is 136 Å². The molecule has 0 amide bonds. The van der Waals surface area contributed by atoms with Gasteiger partial charge in [-0.05, 0) is 130 Å². The summed E-state index contributed by atoms with van der Waals surface area (Å²) >= 11 is 0. The summed E-state index contributed by atoms with van der Waals surface area (Å²) in [6.45, 7) is 17.9. The monoisotopic (exact) mass is 774 g/mol. The maximum absolute atomic E-state index is 6.54. The second-order valence-corrected chi connectivity index (χ2v) is 14.6. The summed E-state index contributed by atoms with van der Waals surface area (Å²) in [6, 6.07) is 29.1. The van der Waals surface area contributed by atoms with Crippen LogP contribution in [0.15, 0.2) is 136 Å². The molecular weight excluding hydrogens is 717 g/mol. The van der Waals surface area contributed by atoms with E-state index in [4.69, 9.17) is 28.9 Å². The van der Waals surface area contributed by atoms with Gasteiger partial charge in [0.25, 0.3) is 0 Å². The zero-order chi connectivity index (χ0) is 40.4. The molecule has 0 saturated carbocycles. The van der Waals surface area contributed by atoms with Crippen molar-refractivity contribution in [3.63, 3.8) is 0 Å². The summed E-state index contributed by atoms with van der Waals surface area (Å²) in [5, 5.41) is 4.12. The molecule has 6 heteroatoms. The summed E-state index contributed by atoms with van der Waals surface area (Å²) in [7, 11) is 0. The number of ether oxygens (including phenoxy) is 4. The standard InChI is InChI=1S/C52H58N2O4/c1-5-9-13-17-34-55-42-30-26-39-29-33-48(58-37-20-16-12-8-4)49(43(39)38-42)44-31-27-40-24-25-41-28-32-45(54-52(41)51(40)53-44)50-46(56-35-18-14-10-6-2)22-21-23-47(50)57-36-19-15-11-7-3/h5-8,21-33,38H,1-4,9-20,34-37H2. The topological polar surface area (TPSA) is 62.7 Å². The zero-order valence-corrected chi connectivity index (χ0v) is 34.1. The third kappa shape index (κ3) is 10.9. The van der Waals surface area contributed by atoms with E-state index in [0.717, 1.165) is 155 Å². The molecular formula is C52H58N2O4. The predicted molar refractivity (Wildman–Crippen MR) is 244 cm³/mol. The van der Waals surface area contributed by atoms with Crippen LogP contribution in [0.5, 0.6) is 23.0 Å². The van der Waals surface area contributed by atoms with Crippen molar-refractivity contribution in [2.24, 2.45) is 0 Å². The van der Waals surface area contributed by atoms with E-state index in [2.05, 4.69) is 87.0 Å². The molecule has 6 rings (SSSR count). The van der Waals surface area contributed by atoms with Crippen molar-refractivity contribution < 1.29 is 18.9 Å². The van der Waals surface area contributed by atoms with Crippen molar-refractivity contribution in [2.75, 3.05) is 26.4 Å². The van der Waals surface area contributed by atoms with E-state index >= 15 is 0 Å². The zero-order valence-electron chi connectivity index (χ0n) is 34.1. The molecule has 0 unspecified atom stereocenters.